The van der Waals surface area contributed by atoms with Crippen LogP contribution in [0.4, 0.5) is 0 Å². The van der Waals surface area contributed by atoms with Gasteiger partial charge in [-0.2, -0.15) is 0 Å². The van der Waals surface area contributed by atoms with Crippen molar-refractivity contribution in [2.75, 3.05) is 0 Å². The molecular formula is H5NaO5P2. The van der Waals surface area contributed by atoms with Crippen LogP contribution in [0.3, 0.4) is 0 Å². The van der Waals surface area contributed by atoms with Gasteiger partial charge in [0.15, 0.2) is 0 Å². The summed E-state index contributed by atoms with van der Waals surface area (Å²) in [5, 5.41) is 0. The van der Waals surface area contributed by atoms with E-state index < -0.39 is 17.2 Å². The van der Waals surface area contributed by atoms with Gasteiger partial charge in [0, 0.05) is 0 Å². The van der Waals surface area contributed by atoms with E-state index in [4.69, 9.17) is 19.6 Å². The van der Waals surface area contributed by atoms with Crippen molar-refractivity contribution in [2.45, 2.75) is 0 Å². The van der Waals surface area contributed by atoms with Crippen LogP contribution in [0.15, 0.2) is 0 Å². The van der Waals surface area contributed by atoms with Crippen LogP contribution in [0.25, 0.3) is 0 Å². The van der Waals surface area contributed by atoms with Crippen LogP contribution in [-0.4, -0.2) is 19.6 Å². The molecule has 0 spiro atoms. The molecule has 0 aliphatic rings. The third kappa shape index (κ3) is 10.6. The molecule has 46 valence electrons. The molecule has 0 saturated carbocycles. The van der Waals surface area contributed by atoms with Gasteiger partial charge < -0.3 is 21.0 Å². The largest absolute Gasteiger partial charge is 1.00 e. The molecule has 5 nitrogen and oxygen atoms in total. The Kier molecular flexibility index (Phi) is 10.5. The van der Waals surface area contributed by atoms with Crippen LogP contribution in [0.2, 0.25) is 0 Å². The van der Waals surface area contributed by atoms with Crippen LogP contribution < -0.4 is 29.6 Å². The van der Waals surface area contributed by atoms with E-state index in [9.17, 15) is 0 Å². The van der Waals surface area contributed by atoms with Crippen LogP contribution in [0, 0.1) is 0 Å². The first kappa shape index (κ1) is 12.3. The van der Waals surface area contributed by atoms with Gasteiger partial charge in [-0.05, 0) is 0 Å². The van der Waals surface area contributed by atoms with Gasteiger partial charge in [0.25, 0.3) is 0 Å². The fraction of sp³-hybridized carbons (Fsp3) is 0. The van der Waals surface area contributed by atoms with Gasteiger partial charge in [0.05, 0.1) is 0 Å². The molecule has 0 saturated heterocycles. The SMILES string of the molecule is OP(O)OP(O)O.[H-].[Na+]. The first-order valence-electron chi connectivity index (χ1n) is 1.17. The Morgan fingerprint density at radius 3 is 1.25 bits per heavy atom. The third-order valence-electron chi connectivity index (χ3n) is 0.146. The van der Waals surface area contributed by atoms with Crippen molar-refractivity contribution in [1.82, 2.24) is 0 Å². The van der Waals surface area contributed by atoms with Crippen molar-refractivity contribution in [3.8, 4) is 0 Å². The summed E-state index contributed by atoms with van der Waals surface area (Å²) in [6.45, 7) is 0. The van der Waals surface area contributed by atoms with E-state index in [0.717, 1.165) is 0 Å². The van der Waals surface area contributed by atoms with E-state index in [1.807, 2.05) is 0 Å². The quantitative estimate of drug-likeness (QED) is 0.255. The zero-order valence-corrected chi connectivity index (χ0v) is 7.88. The third-order valence-corrected chi connectivity index (χ3v) is 1.31. The molecule has 0 heterocycles. The molecule has 0 amide bonds. The molecule has 0 aliphatic heterocycles. The van der Waals surface area contributed by atoms with Gasteiger partial charge >= 0.3 is 46.8 Å². The van der Waals surface area contributed by atoms with E-state index >= 15 is 0 Å². The Balaban J connectivity index is -0.000000180. The van der Waals surface area contributed by atoms with Crippen molar-refractivity contribution in [1.29, 1.82) is 0 Å². The molecule has 0 aromatic carbocycles. The summed E-state index contributed by atoms with van der Waals surface area (Å²) in [6.07, 6.45) is 0. The summed E-state index contributed by atoms with van der Waals surface area (Å²) in [7, 11) is -5.22. The minimum Gasteiger partial charge on any atom is -1.00 e. The minimum absolute atomic E-state index is 0. The fourth-order valence-electron chi connectivity index (χ4n) is 0.0653. The van der Waals surface area contributed by atoms with E-state index in [0.29, 0.717) is 0 Å². The zero-order valence-electron chi connectivity index (χ0n) is 5.09. The molecule has 0 bridgehead atoms. The Bertz CT molecular complexity index is 44.2. The number of rotatable bonds is 2. The van der Waals surface area contributed by atoms with Crippen molar-refractivity contribution < 1.29 is 54.9 Å². The topological polar surface area (TPSA) is 90.2 Å². The van der Waals surface area contributed by atoms with Crippen molar-refractivity contribution in [3.63, 3.8) is 0 Å². The molecule has 0 fully saturated rings. The van der Waals surface area contributed by atoms with Crippen molar-refractivity contribution >= 4 is 17.2 Å². The predicted octanol–water partition coefficient (Wildman–Crippen LogP) is -3.46. The van der Waals surface area contributed by atoms with Gasteiger partial charge in [0.2, 0.25) is 0 Å². The summed E-state index contributed by atoms with van der Waals surface area (Å²) in [4.78, 5) is 31.3. The van der Waals surface area contributed by atoms with Gasteiger partial charge in [-0.15, -0.1) is 0 Å². The summed E-state index contributed by atoms with van der Waals surface area (Å²) in [5.41, 5.74) is 0. The zero-order chi connectivity index (χ0) is 5.86. The Morgan fingerprint density at radius 1 is 1.00 bits per heavy atom. The molecule has 0 atom stereocenters. The van der Waals surface area contributed by atoms with Crippen molar-refractivity contribution in [3.05, 3.63) is 0 Å². The summed E-state index contributed by atoms with van der Waals surface area (Å²) in [5.74, 6) is 0. The Hall–Kier alpha value is 1.66. The Labute approximate surface area is 72.1 Å². The van der Waals surface area contributed by atoms with E-state index in [1.165, 1.54) is 0 Å². The van der Waals surface area contributed by atoms with Crippen LogP contribution >= 0.6 is 17.2 Å². The summed E-state index contributed by atoms with van der Waals surface area (Å²) >= 11 is 0. The van der Waals surface area contributed by atoms with E-state index in [2.05, 4.69) is 4.31 Å². The van der Waals surface area contributed by atoms with Gasteiger partial charge in [-0.1, -0.05) is 0 Å². The first-order chi connectivity index (χ1) is 3.13. The van der Waals surface area contributed by atoms with Crippen molar-refractivity contribution in [2.24, 2.45) is 0 Å². The smallest absolute Gasteiger partial charge is 1.00 e. The molecule has 0 aliphatic carbocycles. The van der Waals surface area contributed by atoms with Crippen LogP contribution in [-0.2, 0) is 4.31 Å². The standard InChI is InChI=1S/Na.H4O5P2.H/c;1-6(2)5-7(3)4;/h;1-4H;/q+1;;-1. The maximum Gasteiger partial charge on any atom is 1.00 e. The second-order valence-electron chi connectivity index (χ2n) is 0.587. The normalized spacial score (nSPS) is 9.75. The molecular weight excluding hydrogens is 165 g/mol. The number of hydrogen-bond acceptors (Lipinski definition) is 5. The molecule has 8 heteroatoms. The van der Waals surface area contributed by atoms with Crippen LogP contribution in [0.5, 0.6) is 0 Å². The second-order valence-corrected chi connectivity index (χ2v) is 2.25. The monoisotopic (exact) mass is 170 g/mol. The average molecular weight is 170 g/mol. The van der Waals surface area contributed by atoms with Gasteiger partial charge in [-0.25, -0.2) is 4.31 Å². The molecule has 8 heavy (non-hydrogen) atoms. The molecule has 0 aromatic rings. The minimum atomic E-state index is -2.61. The fourth-order valence-corrected chi connectivity index (χ4v) is 0.588. The maximum absolute atomic E-state index is 7.82. The average Bonchev–Trinajstić information content (AvgIpc) is 1.27. The molecule has 0 radical (unpaired) electrons. The molecule has 0 unspecified atom stereocenters. The van der Waals surface area contributed by atoms with E-state index in [-0.39, 0.29) is 31.0 Å². The van der Waals surface area contributed by atoms with Gasteiger partial charge in [-0.3, -0.25) is 0 Å². The van der Waals surface area contributed by atoms with Gasteiger partial charge in [0.1, 0.15) is 0 Å². The van der Waals surface area contributed by atoms with Crippen LogP contribution in [0.1, 0.15) is 1.43 Å². The van der Waals surface area contributed by atoms with E-state index in [1.54, 1.807) is 0 Å². The molecule has 4 N–H and O–H groups in total. The predicted molar refractivity (Wildman–Crippen MR) is 24.9 cm³/mol. The number of hydrogen-bond donors (Lipinski definition) is 4. The second kappa shape index (κ2) is 6.78. The first-order valence-corrected chi connectivity index (χ1v) is 3.50. The molecule has 0 rings (SSSR count). The molecule has 0 aromatic heterocycles. The Morgan fingerprint density at radius 2 is 1.25 bits per heavy atom. The maximum atomic E-state index is 7.82. The summed E-state index contributed by atoms with van der Waals surface area (Å²) < 4.78 is 3.60. The summed E-state index contributed by atoms with van der Waals surface area (Å²) in [6, 6.07) is 0.